The number of imidazole rings is 1. The van der Waals surface area contributed by atoms with Crippen molar-refractivity contribution in [3.05, 3.63) is 114 Å². The summed E-state index contributed by atoms with van der Waals surface area (Å²) in [4.78, 5) is 17.0. The maximum atomic E-state index is 14.5. The third-order valence-electron chi connectivity index (χ3n) is 5.44. The standard InChI is InChI=1S/C26H19F2N5O2/c27-20-10-11-21(22(28)14-20)23(15-33-13-12-29-16-33)30-24(34)17-6-8-19(9-7-17)26-32-31-25(35-26)18-4-2-1-3-5-18/h1-14,16,23H,15H2,(H,30,34)/t23-/m0/s1. The van der Waals surface area contributed by atoms with E-state index < -0.39 is 23.6 Å². The van der Waals surface area contributed by atoms with Crippen LogP contribution in [0.4, 0.5) is 8.78 Å². The lowest BCUT2D eigenvalue weighted by atomic mass is 10.0. The van der Waals surface area contributed by atoms with E-state index in [1.807, 2.05) is 30.3 Å². The molecule has 0 saturated carbocycles. The minimum Gasteiger partial charge on any atom is -0.416 e. The van der Waals surface area contributed by atoms with E-state index in [0.29, 0.717) is 22.9 Å². The Balaban J connectivity index is 1.34. The summed E-state index contributed by atoms with van der Waals surface area (Å²) in [5.74, 6) is -1.13. The van der Waals surface area contributed by atoms with Crippen LogP contribution in [0.25, 0.3) is 22.9 Å². The van der Waals surface area contributed by atoms with Crippen molar-refractivity contribution >= 4 is 5.91 Å². The van der Waals surface area contributed by atoms with Crippen LogP contribution in [-0.2, 0) is 6.54 Å². The number of hydrogen-bond donors (Lipinski definition) is 1. The van der Waals surface area contributed by atoms with E-state index >= 15 is 0 Å². The molecule has 0 bridgehead atoms. The van der Waals surface area contributed by atoms with Crippen molar-refractivity contribution in [2.24, 2.45) is 0 Å². The van der Waals surface area contributed by atoms with Gasteiger partial charge in [0.2, 0.25) is 11.8 Å². The second kappa shape index (κ2) is 9.68. The molecule has 9 heteroatoms. The van der Waals surface area contributed by atoms with Crippen molar-refractivity contribution in [2.75, 3.05) is 0 Å². The normalized spacial score (nSPS) is 11.8. The molecule has 0 unspecified atom stereocenters. The molecule has 0 saturated heterocycles. The Hall–Kier alpha value is -4.66. The molecule has 0 spiro atoms. The number of aromatic nitrogens is 4. The minimum absolute atomic E-state index is 0.171. The van der Waals surface area contributed by atoms with Gasteiger partial charge in [-0.1, -0.05) is 24.3 Å². The first kappa shape index (κ1) is 22.1. The fraction of sp³-hybridized carbons (Fsp3) is 0.0769. The average Bonchev–Trinajstić information content (AvgIpc) is 3.57. The number of benzene rings is 3. The number of nitrogens with zero attached hydrogens (tertiary/aromatic N) is 4. The topological polar surface area (TPSA) is 85.8 Å². The van der Waals surface area contributed by atoms with Crippen LogP contribution < -0.4 is 5.32 Å². The van der Waals surface area contributed by atoms with Gasteiger partial charge in [-0.25, -0.2) is 13.8 Å². The van der Waals surface area contributed by atoms with E-state index in [1.165, 1.54) is 6.07 Å². The molecule has 1 atom stereocenters. The summed E-state index contributed by atoms with van der Waals surface area (Å²) in [6.45, 7) is 0.219. The molecule has 7 nitrogen and oxygen atoms in total. The van der Waals surface area contributed by atoms with Crippen LogP contribution in [0, 0.1) is 11.6 Å². The van der Waals surface area contributed by atoms with Gasteiger partial charge in [-0.05, 0) is 42.5 Å². The highest BCUT2D eigenvalue weighted by atomic mass is 19.1. The van der Waals surface area contributed by atoms with Crippen LogP contribution in [0.2, 0.25) is 0 Å². The van der Waals surface area contributed by atoms with Gasteiger partial charge in [0.15, 0.2) is 0 Å². The summed E-state index contributed by atoms with van der Waals surface area (Å²) in [5, 5.41) is 11.0. The first-order valence-corrected chi connectivity index (χ1v) is 10.8. The number of carbonyl (C=O) groups is 1. The predicted molar refractivity (Wildman–Crippen MR) is 124 cm³/mol. The molecule has 0 radical (unpaired) electrons. The highest BCUT2D eigenvalue weighted by molar-refractivity contribution is 5.94. The van der Waals surface area contributed by atoms with E-state index in [4.69, 9.17) is 4.42 Å². The Kier molecular flexibility index (Phi) is 6.13. The van der Waals surface area contributed by atoms with Crippen LogP contribution in [0.1, 0.15) is 22.0 Å². The van der Waals surface area contributed by atoms with E-state index in [-0.39, 0.29) is 12.1 Å². The highest BCUT2D eigenvalue weighted by Crippen LogP contribution is 2.25. The molecule has 174 valence electrons. The maximum Gasteiger partial charge on any atom is 0.251 e. The van der Waals surface area contributed by atoms with Crippen LogP contribution in [-0.4, -0.2) is 25.7 Å². The zero-order chi connectivity index (χ0) is 24.2. The van der Waals surface area contributed by atoms with Crippen LogP contribution in [0.3, 0.4) is 0 Å². The number of carbonyl (C=O) groups excluding carboxylic acids is 1. The van der Waals surface area contributed by atoms with Crippen molar-refractivity contribution in [3.8, 4) is 22.9 Å². The Morgan fingerprint density at radius 2 is 1.66 bits per heavy atom. The molecular formula is C26H19F2N5O2. The molecule has 2 aromatic heterocycles. The molecule has 2 heterocycles. The number of nitrogens with one attached hydrogen (secondary N) is 1. The van der Waals surface area contributed by atoms with Gasteiger partial charge in [0.05, 0.1) is 12.4 Å². The predicted octanol–water partition coefficient (Wildman–Crippen LogP) is 5.05. The SMILES string of the molecule is O=C(N[C@@H](Cn1ccnc1)c1ccc(F)cc1F)c1ccc(-c2nnc(-c3ccccc3)o2)cc1. The lowest BCUT2D eigenvalue weighted by Crippen LogP contribution is -2.32. The summed E-state index contributed by atoms with van der Waals surface area (Å²) in [7, 11) is 0. The number of hydrogen-bond acceptors (Lipinski definition) is 5. The molecule has 0 aliphatic rings. The smallest absolute Gasteiger partial charge is 0.251 e. The van der Waals surface area contributed by atoms with Gasteiger partial charge < -0.3 is 14.3 Å². The molecule has 35 heavy (non-hydrogen) atoms. The van der Waals surface area contributed by atoms with Gasteiger partial charge in [-0.2, -0.15) is 0 Å². The third-order valence-corrected chi connectivity index (χ3v) is 5.44. The molecule has 1 amide bonds. The Labute approximate surface area is 199 Å². The molecule has 5 rings (SSSR count). The first-order valence-electron chi connectivity index (χ1n) is 10.8. The Morgan fingerprint density at radius 1 is 0.943 bits per heavy atom. The van der Waals surface area contributed by atoms with E-state index in [2.05, 4.69) is 20.5 Å². The molecule has 0 aliphatic carbocycles. The zero-order valence-corrected chi connectivity index (χ0v) is 18.3. The van der Waals surface area contributed by atoms with Gasteiger partial charge in [-0.3, -0.25) is 4.79 Å². The van der Waals surface area contributed by atoms with Crippen molar-refractivity contribution in [3.63, 3.8) is 0 Å². The van der Waals surface area contributed by atoms with Gasteiger partial charge in [0, 0.05) is 47.3 Å². The molecule has 0 aliphatic heterocycles. The Morgan fingerprint density at radius 3 is 2.31 bits per heavy atom. The zero-order valence-electron chi connectivity index (χ0n) is 18.3. The van der Waals surface area contributed by atoms with Crippen molar-refractivity contribution in [1.82, 2.24) is 25.1 Å². The number of rotatable bonds is 7. The first-order chi connectivity index (χ1) is 17.1. The summed E-state index contributed by atoms with van der Waals surface area (Å²) in [6, 6.07) is 18.6. The largest absolute Gasteiger partial charge is 0.416 e. The quantitative estimate of drug-likeness (QED) is 0.359. The second-order valence-corrected chi connectivity index (χ2v) is 7.81. The molecular weight excluding hydrogens is 452 g/mol. The van der Waals surface area contributed by atoms with Crippen molar-refractivity contribution in [1.29, 1.82) is 0 Å². The molecule has 5 aromatic rings. The summed E-state index contributed by atoms with van der Waals surface area (Å²) >= 11 is 0. The summed E-state index contributed by atoms with van der Waals surface area (Å²) in [5.41, 5.74) is 1.98. The third kappa shape index (κ3) is 4.98. The van der Waals surface area contributed by atoms with E-state index in [0.717, 1.165) is 17.7 Å². The maximum absolute atomic E-state index is 14.5. The fourth-order valence-corrected chi connectivity index (χ4v) is 3.65. The number of amides is 1. The van der Waals surface area contributed by atoms with E-state index in [1.54, 1.807) is 47.6 Å². The summed E-state index contributed by atoms with van der Waals surface area (Å²) < 4.78 is 35.4. The highest BCUT2D eigenvalue weighted by Gasteiger charge is 2.21. The van der Waals surface area contributed by atoms with Gasteiger partial charge in [0.1, 0.15) is 11.6 Å². The Bertz CT molecular complexity index is 1430. The fourth-order valence-electron chi connectivity index (χ4n) is 3.65. The van der Waals surface area contributed by atoms with Crippen LogP contribution in [0.15, 0.2) is 95.9 Å². The van der Waals surface area contributed by atoms with Crippen LogP contribution in [0.5, 0.6) is 0 Å². The molecule has 3 aromatic carbocycles. The van der Waals surface area contributed by atoms with E-state index in [9.17, 15) is 13.6 Å². The van der Waals surface area contributed by atoms with Crippen molar-refractivity contribution in [2.45, 2.75) is 12.6 Å². The molecule has 0 fully saturated rings. The van der Waals surface area contributed by atoms with Crippen LogP contribution >= 0.6 is 0 Å². The minimum atomic E-state index is -0.749. The number of halogens is 2. The lowest BCUT2D eigenvalue weighted by Gasteiger charge is -2.20. The molecule has 1 N–H and O–H groups in total. The second-order valence-electron chi connectivity index (χ2n) is 7.81. The monoisotopic (exact) mass is 471 g/mol. The van der Waals surface area contributed by atoms with Gasteiger partial charge in [-0.15, -0.1) is 10.2 Å². The van der Waals surface area contributed by atoms with Crippen molar-refractivity contribution < 1.29 is 18.0 Å². The lowest BCUT2D eigenvalue weighted by molar-refractivity contribution is 0.0932. The average molecular weight is 471 g/mol. The van der Waals surface area contributed by atoms with Gasteiger partial charge >= 0.3 is 0 Å². The summed E-state index contributed by atoms with van der Waals surface area (Å²) in [6.07, 6.45) is 4.84. The van der Waals surface area contributed by atoms with Gasteiger partial charge in [0.25, 0.3) is 5.91 Å².